The Morgan fingerprint density at radius 1 is 0.947 bits per heavy atom. The van der Waals surface area contributed by atoms with Crippen molar-refractivity contribution in [1.29, 1.82) is 0 Å². The zero-order chi connectivity index (χ0) is 14.0. The highest BCUT2D eigenvalue weighted by atomic mass is 32.2. The van der Waals surface area contributed by atoms with Crippen LogP contribution < -0.4 is 4.18 Å². The first-order valence-electron chi connectivity index (χ1n) is 5.34. The Labute approximate surface area is 109 Å². The second-order valence-corrected chi connectivity index (χ2v) is 5.50. The average molecular weight is 284 g/mol. The highest BCUT2D eigenvalue weighted by molar-refractivity contribution is 7.87. The van der Waals surface area contributed by atoms with Gasteiger partial charge in [-0.3, -0.25) is 0 Å². The van der Waals surface area contributed by atoms with E-state index in [1.54, 1.807) is 12.1 Å². The second kappa shape index (κ2) is 4.97. The molecule has 0 bridgehead atoms. The molecule has 0 saturated heterocycles. The summed E-state index contributed by atoms with van der Waals surface area (Å²) in [5.41, 5.74) is 0.932. The van der Waals surface area contributed by atoms with E-state index >= 15 is 0 Å². The zero-order valence-corrected chi connectivity index (χ0v) is 10.7. The second-order valence-electron chi connectivity index (χ2n) is 3.96. The van der Waals surface area contributed by atoms with Crippen molar-refractivity contribution < 1.29 is 21.4 Å². The molecule has 2 rings (SSSR count). The fraction of sp³-hybridized carbons (Fsp3) is 0.0769. The molecule has 2 aromatic carbocycles. The largest absolute Gasteiger partial charge is 0.379 e. The molecule has 0 saturated carbocycles. The Balaban J connectivity index is 2.34. The molecule has 0 unspecified atom stereocenters. The molecule has 0 aliphatic heterocycles. The lowest BCUT2D eigenvalue weighted by molar-refractivity contribution is 0.482. The van der Waals surface area contributed by atoms with Crippen LogP contribution in [0.4, 0.5) is 8.78 Å². The standard InChI is InChI=1S/C13H10F2O3S/c1-9-2-4-12(5-3-9)18-19(16,17)13-7-10(14)6-11(15)8-13/h2-8H,1H3. The molecule has 0 fully saturated rings. The van der Waals surface area contributed by atoms with Gasteiger partial charge in [0.15, 0.2) is 0 Å². The quantitative estimate of drug-likeness (QED) is 0.814. The van der Waals surface area contributed by atoms with Gasteiger partial charge in [-0.25, -0.2) is 8.78 Å². The van der Waals surface area contributed by atoms with E-state index in [9.17, 15) is 17.2 Å². The van der Waals surface area contributed by atoms with E-state index < -0.39 is 26.6 Å². The first-order chi connectivity index (χ1) is 8.87. The maximum absolute atomic E-state index is 13.0. The smallest absolute Gasteiger partial charge is 0.339 e. The molecule has 0 radical (unpaired) electrons. The summed E-state index contributed by atoms with van der Waals surface area (Å²) in [4.78, 5) is -0.564. The van der Waals surface area contributed by atoms with Crippen LogP contribution in [-0.2, 0) is 10.1 Å². The predicted octanol–water partition coefficient (Wildman–Crippen LogP) is 3.04. The molecule has 0 aromatic heterocycles. The van der Waals surface area contributed by atoms with Crippen LogP contribution in [0.5, 0.6) is 5.75 Å². The average Bonchev–Trinajstić information content (AvgIpc) is 2.31. The lowest BCUT2D eigenvalue weighted by Crippen LogP contribution is -2.10. The van der Waals surface area contributed by atoms with Crippen LogP contribution in [0.15, 0.2) is 47.4 Å². The van der Waals surface area contributed by atoms with E-state index in [0.29, 0.717) is 18.2 Å². The van der Waals surface area contributed by atoms with Gasteiger partial charge in [0.2, 0.25) is 0 Å². The molecule has 19 heavy (non-hydrogen) atoms. The maximum Gasteiger partial charge on any atom is 0.339 e. The third-order valence-corrected chi connectivity index (χ3v) is 3.58. The molecule has 0 spiro atoms. The molecule has 100 valence electrons. The molecule has 0 amide bonds. The van der Waals surface area contributed by atoms with Crippen LogP contribution in [0, 0.1) is 18.6 Å². The lowest BCUT2D eigenvalue weighted by atomic mass is 10.2. The minimum atomic E-state index is -4.25. The van der Waals surface area contributed by atoms with Gasteiger partial charge in [-0.1, -0.05) is 17.7 Å². The molecule has 0 heterocycles. The zero-order valence-electron chi connectivity index (χ0n) is 9.93. The molecule has 6 heteroatoms. The van der Waals surface area contributed by atoms with E-state index in [2.05, 4.69) is 0 Å². The fourth-order valence-corrected chi connectivity index (χ4v) is 2.42. The van der Waals surface area contributed by atoms with E-state index in [1.807, 2.05) is 6.92 Å². The molecule has 2 aromatic rings. The molecule has 0 N–H and O–H groups in total. The third-order valence-electron chi connectivity index (χ3n) is 2.35. The van der Waals surface area contributed by atoms with Crippen LogP contribution in [0.2, 0.25) is 0 Å². The van der Waals surface area contributed by atoms with Crippen molar-refractivity contribution >= 4 is 10.1 Å². The van der Waals surface area contributed by atoms with Crippen molar-refractivity contribution in [3.8, 4) is 5.75 Å². The van der Waals surface area contributed by atoms with Gasteiger partial charge in [0, 0.05) is 6.07 Å². The number of rotatable bonds is 3. The summed E-state index contributed by atoms with van der Waals surface area (Å²) in [6.07, 6.45) is 0. The summed E-state index contributed by atoms with van der Waals surface area (Å²) in [7, 11) is -4.25. The van der Waals surface area contributed by atoms with Crippen molar-refractivity contribution in [2.24, 2.45) is 0 Å². The Hall–Kier alpha value is -1.95. The summed E-state index contributed by atoms with van der Waals surface area (Å²) in [5, 5.41) is 0. The maximum atomic E-state index is 13.0. The highest BCUT2D eigenvalue weighted by Gasteiger charge is 2.18. The summed E-state index contributed by atoms with van der Waals surface area (Å²) in [5.74, 6) is -1.88. The van der Waals surface area contributed by atoms with Crippen molar-refractivity contribution in [2.75, 3.05) is 0 Å². The van der Waals surface area contributed by atoms with Crippen LogP contribution in [0.1, 0.15) is 5.56 Å². The van der Waals surface area contributed by atoms with Gasteiger partial charge in [0.05, 0.1) is 0 Å². The molecular formula is C13H10F2O3S. The number of benzene rings is 2. The first-order valence-corrected chi connectivity index (χ1v) is 6.75. The van der Waals surface area contributed by atoms with Gasteiger partial charge in [-0.15, -0.1) is 0 Å². The van der Waals surface area contributed by atoms with Crippen LogP contribution in [-0.4, -0.2) is 8.42 Å². The summed E-state index contributed by atoms with van der Waals surface area (Å²) < 4.78 is 54.4. The van der Waals surface area contributed by atoms with E-state index in [4.69, 9.17) is 4.18 Å². The Bertz CT molecular complexity index is 674. The Morgan fingerprint density at radius 3 is 2.00 bits per heavy atom. The highest BCUT2D eigenvalue weighted by Crippen LogP contribution is 2.20. The number of halogens is 2. The summed E-state index contributed by atoms with van der Waals surface area (Å²) in [6.45, 7) is 1.83. The van der Waals surface area contributed by atoms with Crippen LogP contribution in [0.25, 0.3) is 0 Å². The van der Waals surface area contributed by atoms with Crippen molar-refractivity contribution in [3.63, 3.8) is 0 Å². The van der Waals surface area contributed by atoms with Gasteiger partial charge in [-0.2, -0.15) is 8.42 Å². The SMILES string of the molecule is Cc1ccc(OS(=O)(=O)c2cc(F)cc(F)c2)cc1. The van der Waals surface area contributed by atoms with Crippen LogP contribution in [0.3, 0.4) is 0 Å². The molecule has 0 aliphatic carbocycles. The summed E-state index contributed by atoms with van der Waals surface area (Å²) in [6, 6.07) is 8.24. The van der Waals surface area contributed by atoms with Crippen molar-refractivity contribution in [1.82, 2.24) is 0 Å². The predicted molar refractivity (Wildman–Crippen MR) is 65.4 cm³/mol. The van der Waals surface area contributed by atoms with Crippen molar-refractivity contribution in [2.45, 2.75) is 11.8 Å². The van der Waals surface area contributed by atoms with E-state index in [0.717, 1.165) is 5.56 Å². The monoisotopic (exact) mass is 284 g/mol. The molecular weight excluding hydrogens is 274 g/mol. The van der Waals surface area contributed by atoms with Crippen molar-refractivity contribution in [3.05, 3.63) is 59.7 Å². The Kier molecular flexibility index (Phi) is 3.53. The van der Waals surface area contributed by atoms with Gasteiger partial charge in [-0.05, 0) is 31.2 Å². The fourth-order valence-electron chi connectivity index (χ4n) is 1.44. The number of aryl methyl sites for hydroxylation is 1. The topological polar surface area (TPSA) is 43.4 Å². The van der Waals surface area contributed by atoms with Gasteiger partial charge in [0.1, 0.15) is 22.3 Å². The minimum absolute atomic E-state index is 0.0790. The first kappa shape index (κ1) is 13.5. The number of hydrogen-bond acceptors (Lipinski definition) is 3. The minimum Gasteiger partial charge on any atom is -0.379 e. The van der Waals surface area contributed by atoms with Gasteiger partial charge < -0.3 is 4.18 Å². The molecule has 0 aliphatic rings. The van der Waals surface area contributed by atoms with Gasteiger partial charge in [0.25, 0.3) is 0 Å². The van der Waals surface area contributed by atoms with Crippen LogP contribution >= 0.6 is 0 Å². The normalized spacial score (nSPS) is 11.3. The Morgan fingerprint density at radius 2 is 1.47 bits per heavy atom. The lowest BCUT2D eigenvalue weighted by Gasteiger charge is -2.07. The third kappa shape index (κ3) is 3.29. The summed E-state index contributed by atoms with van der Waals surface area (Å²) >= 11 is 0. The van der Waals surface area contributed by atoms with E-state index in [-0.39, 0.29) is 5.75 Å². The van der Waals surface area contributed by atoms with Gasteiger partial charge >= 0.3 is 10.1 Å². The molecule has 0 atom stereocenters. The molecule has 3 nitrogen and oxygen atoms in total. The number of hydrogen-bond donors (Lipinski definition) is 0. The van der Waals surface area contributed by atoms with E-state index in [1.165, 1.54) is 12.1 Å².